The van der Waals surface area contributed by atoms with Crippen LogP contribution in [-0.4, -0.2) is 13.7 Å². The highest BCUT2D eigenvalue weighted by molar-refractivity contribution is 7.92. The smallest absolute Gasteiger partial charge is 0.183 e. The molecule has 0 saturated heterocycles. The predicted octanol–water partition coefficient (Wildman–Crippen LogP) is 3.27. The SMILES string of the molecule is CC1CCCC(S(=O)(=O)c2ccc(Cl)cc2N)C1. The summed E-state index contributed by atoms with van der Waals surface area (Å²) >= 11 is 5.80. The van der Waals surface area contributed by atoms with Gasteiger partial charge in [-0.25, -0.2) is 8.42 Å². The molecule has 18 heavy (non-hydrogen) atoms. The van der Waals surface area contributed by atoms with Gasteiger partial charge in [0.15, 0.2) is 9.84 Å². The van der Waals surface area contributed by atoms with Gasteiger partial charge in [0.2, 0.25) is 0 Å². The highest BCUT2D eigenvalue weighted by Gasteiger charge is 2.32. The molecule has 2 unspecified atom stereocenters. The second-order valence-corrected chi connectivity index (χ2v) is 7.75. The van der Waals surface area contributed by atoms with E-state index in [1.807, 2.05) is 0 Å². The highest BCUT2D eigenvalue weighted by atomic mass is 35.5. The van der Waals surface area contributed by atoms with Crippen molar-refractivity contribution in [3.05, 3.63) is 23.2 Å². The molecule has 5 heteroatoms. The van der Waals surface area contributed by atoms with E-state index in [-0.39, 0.29) is 15.8 Å². The van der Waals surface area contributed by atoms with Gasteiger partial charge in [-0.2, -0.15) is 0 Å². The van der Waals surface area contributed by atoms with Crippen molar-refractivity contribution in [3.8, 4) is 0 Å². The average Bonchev–Trinajstić information content (AvgIpc) is 2.28. The Kier molecular flexibility index (Phi) is 3.87. The molecule has 2 rings (SSSR count). The molecule has 0 spiro atoms. The fourth-order valence-corrected chi connectivity index (χ4v) is 4.86. The van der Waals surface area contributed by atoms with Gasteiger partial charge in [0.25, 0.3) is 0 Å². The quantitative estimate of drug-likeness (QED) is 0.849. The number of benzene rings is 1. The number of sulfone groups is 1. The summed E-state index contributed by atoms with van der Waals surface area (Å²) in [5.74, 6) is 0.465. The maximum Gasteiger partial charge on any atom is 0.183 e. The minimum atomic E-state index is -3.33. The summed E-state index contributed by atoms with van der Waals surface area (Å²) in [5, 5.41) is 0.160. The lowest BCUT2D eigenvalue weighted by atomic mass is 9.91. The molecule has 2 atom stereocenters. The Bertz CT molecular complexity index is 542. The Balaban J connectivity index is 2.35. The molecule has 1 aromatic carbocycles. The van der Waals surface area contributed by atoms with E-state index in [4.69, 9.17) is 17.3 Å². The Morgan fingerprint density at radius 2 is 2.06 bits per heavy atom. The van der Waals surface area contributed by atoms with E-state index < -0.39 is 9.84 Å². The van der Waals surface area contributed by atoms with Crippen LogP contribution in [0.15, 0.2) is 23.1 Å². The predicted molar refractivity (Wildman–Crippen MR) is 74.5 cm³/mol. The van der Waals surface area contributed by atoms with Crippen LogP contribution in [-0.2, 0) is 9.84 Å². The summed E-state index contributed by atoms with van der Waals surface area (Å²) in [7, 11) is -3.33. The first-order valence-electron chi connectivity index (χ1n) is 6.20. The third-order valence-corrected chi connectivity index (χ3v) is 6.13. The third-order valence-electron chi connectivity index (χ3n) is 3.61. The van der Waals surface area contributed by atoms with Crippen molar-refractivity contribution in [1.82, 2.24) is 0 Å². The number of hydrogen-bond acceptors (Lipinski definition) is 3. The summed E-state index contributed by atoms with van der Waals surface area (Å²) in [6.07, 6.45) is 3.54. The molecule has 0 aliphatic heterocycles. The van der Waals surface area contributed by atoms with Crippen LogP contribution in [0.2, 0.25) is 5.02 Å². The van der Waals surface area contributed by atoms with Crippen LogP contribution in [0, 0.1) is 5.92 Å². The summed E-state index contributed by atoms with van der Waals surface area (Å²) in [6.45, 7) is 2.10. The largest absolute Gasteiger partial charge is 0.398 e. The Morgan fingerprint density at radius 3 is 2.67 bits per heavy atom. The van der Waals surface area contributed by atoms with Crippen molar-refractivity contribution >= 4 is 27.1 Å². The molecule has 100 valence electrons. The van der Waals surface area contributed by atoms with E-state index in [9.17, 15) is 8.42 Å². The average molecular weight is 288 g/mol. The van der Waals surface area contributed by atoms with E-state index in [0.717, 1.165) is 25.7 Å². The molecule has 1 fully saturated rings. The molecule has 2 N–H and O–H groups in total. The third kappa shape index (κ3) is 2.64. The van der Waals surface area contributed by atoms with Gasteiger partial charge < -0.3 is 5.73 Å². The fraction of sp³-hybridized carbons (Fsp3) is 0.538. The van der Waals surface area contributed by atoms with E-state index >= 15 is 0 Å². The first kappa shape index (κ1) is 13.7. The fourth-order valence-electron chi connectivity index (χ4n) is 2.62. The normalized spacial score (nSPS) is 25.0. The van der Waals surface area contributed by atoms with E-state index in [0.29, 0.717) is 10.9 Å². The summed E-state index contributed by atoms with van der Waals surface area (Å²) in [4.78, 5) is 0.228. The molecule has 0 radical (unpaired) electrons. The van der Waals surface area contributed by atoms with Crippen molar-refractivity contribution < 1.29 is 8.42 Å². The van der Waals surface area contributed by atoms with Crippen LogP contribution >= 0.6 is 11.6 Å². The maximum atomic E-state index is 12.5. The Labute approximate surface area is 113 Å². The molecule has 1 aliphatic rings. The summed E-state index contributed by atoms with van der Waals surface area (Å²) < 4.78 is 25.1. The van der Waals surface area contributed by atoms with Gasteiger partial charge in [0.1, 0.15) is 0 Å². The van der Waals surface area contributed by atoms with Gasteiger partial charge in [-0.1, -0.05) is 31.4 Å². The molecule has 1 aliphatic carbocycles. The first-order valence-corrected chi connectivity index (χ1v) is 8.12. The zero-order chi connectivity index (χ0) is 13.3. The van der Waals surface area contributed by atoms with E-state index in [1.165, 1.54) is 12.1 Å². The highest BCUT2D eigenvalue weighted by Crippen LogP contribution is 2.34. The van der Waals surface area contributed by atoms with Crippen molar-refractivity contribution in [1.29, 1.82) is 0 Å². The number of nitrogens with two attached hydrogens (primary N) is 1. The van der Waals surface area contributed by atoms with Gasteiger partial charge in [0.05, 0.1) is 15.8 Å². The summed E-state index contributed by atoms with van der Waals surface area (Å²) in [6, 6.07) is 4.60. The molecule has 0 amide bonds. The lowest BCUT2D eigenvalue weighted by Crippen LogP contribution is -2.28. The van der Waals surface area contributed by atoms with Gasteiger partial charge in [-0.15, -0.1) is 0 Å². The minimum Gasteiger partial charge on any atom is -0.398 e. The monoisotopic (exact) mass is 287 g/mol. The van der Waals surface area contributed by atoms with Crippen molar-refractivity contribution in [2.24, 2.45) is 5.92 Å². The first-order chi connectivity index (χ1) is 8.41. The van der Waals surface area contributed by atoms with Gasteiger partial charge in [-0.3, -0.25) is 0 Å². The Morgan fingerprint density at radius 1 is 1.33 bits per heavy atom. The lowest BCUT2D eigenvalue weighted by Gasteiger charge is -2.26. The topological polar surface area (TPSA) is 60.2 Å². The molecular formula is C13H18ClNO2S. The molecule has 1 saturated carbocycles. The second-order valence-electron chi connectivity index (χ2n) is 5.12. The van der Waals surface area contributed by atoms with Crippen molar-refractivity contribution in [2.45, 2.75) is 42.8 Å². The van der Waals surface area contributed by atoms with Crippen molar-refractivity contribution in [3.63, 3.8) is 0 Å². The maximum absolute atomic E-state index is 12.5. The van der Waals surface area contributed by atoms with E-state index in [2.05, 4.69) is 6.92 Å². The zero-order valence-corrected chi connectivity index (χ0v) is 12.0. The number of anilines is 1. The van der Waals surface area contributed by atoms with Crippen molar-refractivity contribution in [2.75, 3.05) is 5.73 Å². The van der Waals surface area contributed by atoms with Crippen LogP contribution in [0.1, 0.15) is 32.6 Å². The zero-order valence-electron chi connectivity index (χ0n) is 10.4. The van der Waals surface area contributed by atoms with Crippen LogP contribution in [0.3, 0.4) is 0 Å². The van der Waals surface area contributed by atoms with Crippen LogP contribution in [0.5, 0.6) is 0 Å². The standard InChI is InChI=1S/C13H18ClNO2S/c1-9-3-2-4-11(7-9)18(16,17)13-6-5-10(14)8-12(13)15/h5-6,8-9,11H,2-4,7,15H2,1H3. The second kappa shape index (κ2) is 5.10. The van der Waals surface area contributed by atoms with Crippen LogP contribution in [0.25, 0.3) is 0 Å². The molecule has 0 bridgehead atoms. The molecule has 3 nitrogen and oxygen atoms in total. The van der Waals surface area contributed by atoms with Gasteiger partial charge in [0, 0.05) is 5.02 Å². The molecule has 1 aromatic rings. The van der Waals surface area contributed by atoms with Gasteiger partial charge in [-0.05, 0) is 37.0 Å². The Hall–Kier alpha value is -0.740. The number of nitrogen functional groups attached to an aromatic ring is 1. The van der Waals surface area contributed by atoms with Crippen LogP contribution < -0.4 is 5.73 Å². The minimum absolute atomic E-state index is 0.228. The number of halogens is 1. The molecular weight excluding hydrogens is 270 g/mol. The lowest BCUT2D eigenvalue weighted by molar-refractivity contribution is 0.382. The van der Waals surface area contributed by atoms with Crippen LogP contribution in [0.4, 0.5) is 5.69 Å². The summed E-state index contributed by atoms with van der Waals surface area (Å²) in [5.41, 5.74) is 6.04. The molecule has 0 aromatic heterocycles. The number of rotatable bonds is 2. The number of hydrogen-bond donors (Lipinski definition) is 1. The van der Waals surface area contributed by atoms with Gasteiger partial charge >= 0.3 is 0 Å². The van der Waals surface area contributed by atoms with E-state index in [1.54, 1.807) is 6.07 Å². The molecule has 0 heterocycles.